The minimum atomic E-state index is -0.256. The molecule has 21 heavy (non-hydrogen) atoms. The Bertz CT molecular complexity index is 677. The number of carbonyl (C=O) groups excluding carboxylic acids is 1. The van der Waals surface area contributed by atoms with Crippen LogP contribution in [0.3, 0.4) is 0 Å². The van der Waals surface area contributed by atoms with Crippen LogP contribution in [0.1, 0.15) is 21.6 Å². The Balaban J connectivity index is 2.09. The predicted molar refractivity (Wildman–Crippen MR) is 76.8 cm³/mol. The van der Waals surface area contributed by atoms with E-state index >= 15 is 0 Å². The number of hydrazine groups is 1. The number of hydrogen-bond donors (Lipinski definition) is 2. The van der Waals surface area contributed by atoms with Gasteiger partial charge < -0.3 is 10.3 Å². The van der Waals surface area contributed by atoms with Gasteiger partial charge in [0.1, 0.15) is 5.69 Å². The molecule has 1 aromatic carbocycles. The van der Waals surface area contributed by atoms with Crippen molar-refractivity contribution >= 4 is 11.7 Å². The quantitative estimate of drug-likeness (QED) is 0.637. The second-order valence-electron chi connectivity index (χ2n) is 4.40. The average molecular weight is 282 g/mol. The van der Waals surface area contributed by atoms with Gasteiger partial charge in [-0.2, -0.15) is 5.26 Å². The van der Waals surface area contributed by atoms with Crippen LogP contribution in [0.5, 0.6) is 0 Å². The van der Waals surface area contributed by atoms with Crippen molar-refractivity contribution in [1.29, 1.82) is 5.26 Å². The van der Waals surface area contributed by atoms with Gasteiger partial charge in [0, 0.05) is 13.6 Å². The zero-order valence-electron chi connectivity index (χ0n) is 11.4. The molecule has 1 heterocycles. The summed E-state index contributed by atoms with van der Waals surface area (Å²) in [6, 6.07) is 9.18. The van der Waals surface area contributed by atoms with Crippen LogP contribution in [-0.2, 0) is 6.54 Å². The number of nitrogen functional groups attached to an aromatic ring is 1. The summed E-state index contributed by atoms with van der Waals surface area (Å²) in [7, 11) is 1.66. The van der Waals surface area contributed by atoms with Crippen molar-refractivity contribution in [3.63, 3.8) is 0 Å². The Kier molecular flexibility index (Phi) is 4.43. The standard InChI is InChI=1S/C14H14N6O/c1-20(9-11-4-2-3-10(5-11)6-15)14(21)12-7-18-13(19-16)8-17-12/h2-5,7-8H,9,16H2,1H3,(H,18,19). The highest BCUT2D eigenvalue weighted by molar-refractivity contribution is 5.91. The van der Waals surface area contributed by atoms with Gasteiger partial charge in [-0.25, -0.2) is 15.8 Å². The number of rotatable bonds is 4. The van der Waals surface area contributed by atoms with Gasteiger partial charge in [-0.05, 0) is 17.7 Å². The van der Waals surface area contributed by atoms with E-state index in [0.717, 1.165) is 5.56 Å². The Hall–Kier alpha value is -2.98. The molecule has 7 nitrogen and oxygen atoms in total. The summed E-state index contributed by atoms with van der Waals surface area (Å²) in [4.78, 5) is 21.7. The number of benzene rings is 1. The lowest BCUT2D eigenvalue weighted by atomic mass is 10.1. The molecule has 0 saturated heterocycles. The van der Waals surface area contributed by atoms with Gasteiger partial charge in [0.05, 0.1) is 24.0 Å². The van der Waals surface area contributed by atoms with Crippen molar-refractivity contribution in [2.75, 3.05) is 12.5 Å². The van der Waals surface area contributed by atoms with Crippen molar-refractivity contribution < 1.29 is 4.79 Å². The van der Waals surface area contributed by atoms with Crippen molar-refractivity contribution in [2.24, 2.45) is 5.84 Å². The third kappa shape index (κ3) is 3.52. The van der Waals surface area contributed by atoms with Crippen molar-refractivity contribution in [3.05, 3.63) is 53.5 Å². The molecule has 2 rings (SSSR count). The van der Waals surface area contributed by atoms with E-state index in [-0.39, 0.29) is 11.6 Å². The van der Waals surface area contributed by atoms with E-state index in [0.29, 0.717) is 17.9 Å². The average Bonchev–Trinajstić information content (AvgIpc) is 2.54. The van der Waals surface area contributed by atoms with E-state index in [4.69, 9.17) is 11.1 Å². The number of amides is 1. The van der Waals surface area contributed by atoms with Crippen molar-refractivity contribution in [2.45, 2.75) is 6.54 Å². The first-order valence-electron chi connectivity index (χ1n) is 6.17. The van der Waals surface area contributed by atoms with Crippen LogP contribution in [-0.4, -0.2) is 27.8 Å². The van der Waals surface area contributed by atoms with Gasteiger partial charge >= 0.3 is 0 Å². The normalized spacial score (nSPS) is 9.76. The van der Waals surface area contributed by atoms with Crippen molar-refractivity contribution in [1.82, 2.24) is 14.9 Å². The first-order chi connectivity index (χ1) is 10.1. The summed E-state index contributed by atoms with van der Waals surface area (Å²) >= 11 is 0. The highest BCUT2D eigenvalue weighted by Gasteiger charge is 2.14. The highest BCUT2D eigenvalue weighted by Crippen LogP contribution is 2.09. The molecule has 3 N–H and O–H groups in total. The molecule has 0 aliphatic heterocycles. The number of nitrogens with one attached hydrogen (secondary N) is 1. The second kappa shape index (κ2) is 6.45. The van der Waals surface area contributed by atoms with E-state index < -0.39 is 0 Å². The summed E-state index contributed by atoms with van der Waals surface area (Å²) < 4.78 is 0. The Labute approximate surface area is 122 Å². The fourth-order valence-electron chi connectivity index (χ4n) is 1.79. The molecule has 1 aromatic heterocycles. The van der Waals surface area contributed by atoms with Crippen LogP contribution in [0, 0.1) is 11.3 Å². The van der Waals surface area contributed by atoms with Gasteiger partial charge in [0.15, 0.2) is 5.82 Å². The zero-order chi connectivity index (χ0) is 15.2. The molecule has 0 fully saturated rings. The zero-order valence-corrected chi connectivity index (χ0v) is 11.4. The van der Waals surface area contributed by atoms with Crippen LogP contribution < -0.4 is 11.3 Å². The fraction of sp³-hybridized carbons (Fsp3) is 0.143. The molecule has 7 heteroatoms. The molecule has 0 saturated carbocycles. The Morgan fingerprint density at radius 1 is 1.43 bits per heavy atom. The number of carbonyl (C=O) groups is 1. The fourth-order valence-corrected chi connectivity index (χ4v) is 1.79. The number of hydrogen-bond acceptors (Lipinski definition) is 6. The predicted octanol–water partition coefficient (Wildman–Crippen LogP) is 0.906. The molecule has 2 aromatic rings. The summed E-state index contributed by atoms with van der Waals surface area (Å²) in [6.07, 6.45) is 2.75. The first kappa shape index (κ1) is 14.4. The minimum Gasteiger partial charge on any atom is -0.336 e. The molecule has 106 valence electrons. The first-order valence-corrected chi connectivity index (χ1v) is 6.17. The Morgan fingerprint density at radius 2 is 2.24 bits per heavy atom. The van der Waals surface area contributed by atoms with Crippen LogP contribution in [0.15, 0.2) is 36.7 Å². The van der Waals surface area contributed by atoms with Gasteiger partial charge in [-0.15, -0.1) is 0 Å². The van der Waals surface area contributed by atoms with E-state index in [1.807, 2.05) is 6.07 Å². The van der Waals surface area contributed by atoms with Crippen LogP contribution in [0.4, 0.5) is 5.82 Å². The smallest absolute Gasteiger partial charge is 0.274 e. The minimum absolute atomic E-state index is 0.230. The lowest BCUT2D eigenvalue weighted by Gasteiger charge is -2.16. The molecule has 0 aliphatic carbocycles. The third-order valence-corrected chi connectivity index (χ3v) is 2.84. The van der Waals surface area contributed by atoms with E-state index in [2.05, 4.69) is 21.5 Å². The molecule has 0 aliphatic rings. The van der Waals surface area contributed by atoms with Gasteiger partial charge in [-0.1, -0.05) is 12.1 Å². The number of nitrogens with two attached hydrogens (primary N) is 1. The summed E-state index contributed by atoms with van der Waals surface area (Å²) in [5.41, 5.74) is 4.01. The molecular formula is C14H14N6O. The molecular weight excluding hydrogens is 268 g/mol. The van der Waals surface area contributed by atoms with E-state index in [1.165, 1.54) is 17.3 Å². The highest BCUT2D eigenvalue weighted by atomic mass is 16.2. The van der Waals surface area contributed by atoms with Crippen molar-refractivity contribution in [3.8, 4) is 6.07 Å². The van der Waals surface area contributed by atoms with Crippen LogP contribution in [0.25, 0.3) is 0 Å². The van der Waals surface area contributed by atoms with Gasteiger partial charge in [0.2, 0.25) is 0 Å². The molecule has 0 unspecified atom stereocenters. The maximum absolute atomic E-state index is 12.2. The second-order valence-corrected chi connectivity index (χ2v) is 4.40. The van der Waals surface area contributed by atoms with Gasteiger partial charge in [-0.3, -0.25) is 4.79 Å². The lowest BCUT2D eigenvalue weighted by Crippen LogP contribution is -2.27. The van der Waals surface area contributed by atoms with Gasteiger partial charge in [0.25, 0.3) is 5.91 Å². The third-order valence-electron chi connectivity index (χ3n) is 2.84. The molecule has 0 radical (unpaired) electrons. The number of nitriles is 1. The maximum atomic E-state index is 12.2. The Morgan fingerprint density at radius 3 is 2.86 bits per heavy atom. The summed E-state index contributed by atoms with van der Waals surface area (Å²) in [5.74, 6) is 5.32. The molecule has 0 atom stereocenters. The van der Waals surface area contributed by atoms with E-state index in [9.17, 15) is 4.79 Å². The van der Waals surface area contributed by atoms with Crippen LogP contribution >= 0.6 is 0 Å². The molecule has 0 spiro atoms. The van der Waals surface area contributed by atoms with Crippen LogP contribution in [0.2, 0.25) is 0 Å². The molecule has 1 amide bonds. The summed E-state index contributed by atoms with van der Waals surface area (Å²) in [5, 5.41) is 8.87. The number of nitrogens with zero attached hydrogens (tertiary/aromatic N) is 4. The summed E-state index contributed by atoms with van der Waals surface area (Å²) in [6.45, 7) is 0.382. The number of aromatic nitrogens is 2. The monoisotopic (exact) mass is 282 g/mol. The largest absolute Gasteiger partial charge is 0.336 e. The van der Waals surface area contributed by atoms with E-state index in [1.54, 1.807) is 25.2 Å². The number of anilines is 1. The topological polar surface area (TPSA) is 108 Å². The SMILES string of the molecule is CN(Cc1cccc(C#N)c1)C(=O)c1cnc(NN)cn1. The molecule has 0 bridgehead atoms. The lowest BCUT2D eigenvalue weighted by molar-refractivity contribution is 0.0779. The maximum Gasteiger partial charge on any atom is 0.274 e.